The van der Waals surface area contributed by atoms with Crippen LogP contribution in [0.3, 0.4) is 0 Å². The summed E-state index contributed by atoms with van der Waals surface area (Å²) in [6.07, 6.45) is 1.88. The van der Waals surface area contributed by atoms with Gasteiger partial charge >= 0.3 is 0 Å². The smallest absolute Gasteiger partial charge is 0.146 e. The van der Waals surface area contributed by atoms with E-state index in [1.807, 2.05) is 6.92 Å². The highest BCUT2D eigenvalue weighted by atomic mass is 16.5. The van der Waals surface area contributed by atoms with Gasteiger partial charge in [0.05, 0.1) is 6.54 Å². The van der Waals surface area contributed by atoms with Crippen LogP contribution in [0.5, 0.6) is 0 Å². The van der Waals surface area contributed by atoms with Gasteiger partial charge in [-0.25, -0.2) is 0 Å². The molecular weight excluding hydrogens is 216 g/mol. The Bertz CT molecular complexity index is 322. The van der Waals surface area contributed by atoms with Crippen molar-refractivity contribution in [3.05, 3.63) is 11.6 Å². The van der Waals surface area contributed by atoms with Gasteiger partial charge in [0.1, 0.15) is 11.6 Å². The van der Waals surface area contributed by atoms with Crippen LogP contribution in [0.4, 0.5) is 0 Å². The number of nitrogens with zero attached hydrogens (tertiary/aromatic N) is 3. The zero-order valence-electron chi connectivity index (χ0n) is 11.1. The highest BCUT2D eigenvalue weighted by molar-refractivity contribution is 4.96. The minimum atomic E-state index is 0.450. The van der Waals surface area contributed by atoms with Gasteiger partial charge in [-0.15, -0.1) is 10.2 Å². The Labute approximate surface area is 103 Å². The molecule has 1 heterocycles. The molecule has 5 heteroatoms. The molecule has 2 N–H and O–H groups in total. The zero-order valence-corrected chi connectivity index (χ0v) is 11.1. The molecule has 17 heavy (non-hydrogen) atoms. The van der Waals surface area contributed by atoms with Gasteiger partial charge in [0.15, 0.2) is 0 Å². The maximum absolute atomic E-state index is 5.67. The third-order valence-corrected chi connectivity index (χ3v) is 2.53. The van der Waals surface area contributed by atoms with Crippen molar-refractivity contribution in [3.63, 3.8) is 0 Å². The molecule has 5 nitrogen and oxygen atoms in total. The number of rotatable bonds is 8. The summed E-state index contributed by atoms with van der Waals surface area (Å²) in [6, 6.07) is 0. The van der Waals surface area contributed by atoms with Crippen LogP contribution in [0, 0.1) is 5.92 Å². The van der Waals surface area contributed by atoms with Crippen LogP contribution >= 0.6 is 0 Å². The van der Waals surface area contributed by atoms with Crippen LogP contribution in [0.2, 0.25) is 0 Å². The van der Waals surface area contributed by atoms with Gasteiger partial charge in [-0.3, -0.25) is 0 Å². The molecular formula is C12H24N4O. The van der Waals surface area contributed by atoms with E-state index in [-0.39, 0.29) is 0 Å². The van der Waals surface area contributed by atoms with Gasteiger partial charge in [0.25, 0.3) is 0 Å². The third-order valence-electron chi connectivity index (χ3n) is 2.53. The fourth-order valence-corrected chi connectivity index (χ4v) is 1.76. The molecule has 0 aliphatic carbocycles. The van der Waals surface area contributed by atoms with Gasteiger partial charge in [0.2, 0.25) is 0 Å². The molecule has 0 radical (unpaired) electrons. The minimum Gasteiger partial charge on any atom is -0.382 e. The van der Waals surface area contributed by atoms with Crippen LogP contribution in [0.25, 0.3) is 0 Å². The van der Waals surface area contributed by atoms with Gasteiger partial charge in [-0.05, 0) is 19.3 Å². The molecule has 0 bridgehead atoms. The van der Waals surface area contributed by atoms with E-state index in [1.54, 1.807) is 0 Å². The number of aryl methyl sites for hydroxylation is 1. The lowest BCUT2D eigenvalue weighted by Crippen LogP contribution is -2.15. The SMILES string of the molecule is CCOCCCc1nnc(CN)n1CC(C)C. The van der Waals surface area contributed by atoms with Crippen molar-refractivity contribution in [1.29, 1.82) is 0 Å². The van der Waals surface area contributed by atoms with Crippen molar-refractivity contribution in [1.82, 2.24) is 14.8 Å². The summed E-state index contributed by atoms with van der Waals surface area (Å²) in [5.74, 6) is 2.48. The summed E-state index contributed by atoms with van der Waals surface area (Å²) in [5.41, 5.74) is 5.67. The van der Waals surface area contributed by atoms with E-state index >= 15 is 0 Å². The van der Waals surface area contributed by atoms with Crippen LogP contribution in [0.1, 0.15) is 38.8 Å². The summed E-state index contributed by atoms with van der Waals surface area (Å²) in [4.78, 5) is 0. The average molecular weight is 240 g/mol. The van der Waals surface area contributed by atoms with Crippen molar-refractivity contribution < 1.29 is 4.74 Å². The largest absolute Gasteiger partial charge is 0.382 e. The molecule has 1 aromatic heterocycles. The van der Waals surface area contributed by atoms with Crippen molar-refractivity contribution >= 4 is 0 Å². The standard InChI is InChI=1S/C12H24N4O/c1-4-17-7-5-6-11-14-15-12(8-13)16(11)9-10(2)3/h10H,4-9,13H2,1-3H3. The summed E-state index contributed by atoms with van der Waals surface area (Å²) >= 11 is 0. The van der Waals surface area contributed by atoms with E-state index < -0.39 is 0 Å². The molecule has 0 atom stereocenters. The Morgan fingerprint density at radius 2 is 2.00 bits per heavy atom. The first-order valence-corrected chi connectivity index (χ1v) is 6.37. The van der Waals surface area contributed by atoms with Crippen LogP contribution in [-0.4, -0.2) is 28.0 Å². The number of hydrogen-bond acceptors (Lipinski definition) is 4. The third kappa shape index (κ3) is 4.44. The molecule has 1 aromatic rings. The molecule has 0 amide bonds. The fraction of sp³-hybridized carbons (Fsp3) is 0.833. The zero-order chi connectivity index (χ0) is 12.7. The van der Waals surface area contributed by atoms with E-state index in [9.17, 15) is 0 Å². The van der Waals surface area contributed by atoms with E-state index in [0.717, 1.165) is 44.2 Å². The van der Waals surface area contributed by atoms with E-state index in [2.05, 4.69) is 28.6 Å². The molecule has 0 aliphatic heterocycles. The molecule has 0 fully saturated rings. The Balaban J connectivity index is 2.60. The monoisotopic (exact) mass is 240 g/mol. The lowest BCUT2D eigenvalue weighted by atomic mass is 10.2. The summed E-state index contributed by atoms with van der Waals surface area (Å²) in [5, 5.41) is 8.35. The van der Waals surface area contributed by atoms with E-state index in [0.29, 0.717) is 12.5 Å². The predicted octanol–water partition coefficient (Wildman–Crippen LogP) is 1.36. The molecule has 0 spiro atoms. The second-order valence-electron chi connectivity index (χ2n) is 4.54. The van der Waals surface area contributed by atoms with Crippen molar-refractivity contribution in [3.8, 4) is 0 Å². The fourth-order valence-electron chi connectivity index (χ4n) is 1.76. The average Bonchev–Trinajstić information content (AvgIpc) is 2.66. The normalized spacial score (nSPS) is 11.4. The number of nitrogens with two attached hydrogens (primary N) is 1. The maximum atomic E-state index is 5.67. The molecule has 0 aromatic carbocycles. The number of aromatic nitrogens is 3. The van der Waals surface area contributed by atoms with E-state index in [4.69, 9.17) is 10.5 Å². The van der Waals surface area contributed by atoms with Crippen molar-refractivity contribution in [2.75, 3.05) is 13.2 Å². The Kier molecular flexibility index (Phi) is 6.15. The second kappa shape index (κ2) is 7.40. The van der Waals surface area contributed by atoms with Gasteiger partial charge in [-0.1, -0.05) is 13.8 Å². The van der Waals surface area contributed by atoms with Gasteiger partial charge < -0.3 is 15.0 Å². The van der Waals surface area contributed by atoms with Gasteiger partial charge in [0, 0.05) is 26.2 Å². The molecule has 0 saturated heterocycles. The predicted molar refractivity (Wildman–Crippen MR) is 67.6 cm³/mol. The summed E-state index contributed by atoms with van der Waals surface area (Å²) in [7, 11) is 0. The lowest BCUT2D eigenvalue weighted by Gasteiger charge is -2.11. The number of ether oxygens (including phenoxy) is 1. The van der Waals surface area contributed by atoms with Crippen LogP contribution < -0.4 is 5.73 Å². The Morgan fingerprint density at radius 3 is 2.59 bits per heavy atom. The van der Waals surface area contributed by atoms with E-state index in [1.165, 1.54) is 0 Å². The highest BCUT2D eigenvalue weighted by Gasteiger charge is 2.11. The molecule has 0 unspecified atom stereocenters. The Hall–Kier alpha value is -0.940. The Morgan fingerprint density at radius 1 is 1.29 bits per heavy atom. The molecule has 0 saturated carbocycles. The topological polar surface area (TPSA) is 66.0 Å². The first-order chi connectivity index (χ1) is 8.19. The van der Waals surface area contributed by atoms with Crippen molar-refractivity contribution in [2.45, 2.75) is 46.7 Å². The molecule has 0 aliphatic rings. The highest BCUT2D eigenvalue weighted by Crippen LogP contribution is 2.08. The van der Waals surface area contributed by atoms with Crippen LogP contribution in [0.15, 0.2) is 0 Å². The van der Waals surface area contributed by atoms with Gasteiger partial charge in [-0.2, -0.15) is 0 Å². The number of hydrogen-bond donors (Lipinski definition) is 1. The second-order valence-corrected chi connectivity index (χ2v) is 4.54. The first kappa shape index (κ1) is 14.1. The van der Waals surface area contributed by atoms with Crippen LogP contribution in [-0.2, 0) is 24.2 Å². The molecule has 1 rings (SSSR count). The summed E-state index contributed by atoms with van der Waals surface area (Å²) < 4.78 is 7.48. The lowest BCUT2D eigenvalue weighted by molar-refractivity contribution is 0.144. The maximum Gasteiger partial charge on any atom is 0.146 e. The van der Waals surface area contributed by atoms with Crippen molar-refractivity contribution in [2.24, 2.45) is 11.7 Å². The minimum absolute atomic E-state index is 0.450. The first-order valence-electron chi connectivity index (χ1n) is 6.37. The molecule has 98 valence electrons. The quantitative estimate of drug-likeness (QED) is 0.697. The summed E-state index contributed by atoms with van der Waals surface area (Å²) in [6.45, 7) is 9.31.